The molecular formula is C18H24N4O3. The second-order valence-electron chi connectivity index (χ2n) is 7.21. The van der Waals surface area contributed by atoms with Gasteiger partial charge in [-0.05, 0) is 19.0 Å². The Morgan fingerprint density at radius 2 is 2.28 bits per heavy atom. The van der Waals surface area contributed by atoms with Crippen LogP contribution in [0.25, 0.3) is 0 Å². The topological polar surface area (TPSA) is 63.7 Å². The van der Waals surface area contributed by atoms with Gasteiger partial charge in [0, 0.05) is 44.5 Å². The number of hydrogen-bond donors (Lipinski definition) is 0. The maximum Gasteiger partial charge on any atom is 0.257 e. The Hall–Kier alpha value is -2.12. The van der Waals surface area contributed by atoms with Crippen molar-refractivity contribution in [3.63, 3.8) is 0 Å². The zero-order valence-electron chi connectivity index (χ0n) is 14.6. The molecule has 0 bridgehead atoms. The maximum atomic E-state index is 12.7. The van der Waals surface area contributed by atoms with Crippen molar-refractivity contribution in [3.05, 3.63) is 42.4 Å². The third-order valence-electron chi connectivity index (χ3n) is 5.30. The molecule has 0 N–H and O–H groups in total. The third kappa shape index (κ3) is 3.34. The number of rotatable bonds is 3. The van der Waals surface area contributed by atoms with Crippen molar-refractivity contribution >= 4 is 5.91 Å². The predicted octanol–water partition coefficient (Wildman–Crippen LogP) is 1.38. The average Bonchev–Trinajstić information content (AvgIpc) is 3.31. The monoisotopic (exact) mass is 344 g/mol. The van der Waals surface area contributed by atoms with Gasteiger partial charge in [0.1, 0.15) is 12.1 Å². The number of nitrogens with zero attached hydrogens (tertiary/aromatic N) is 4. The zero-order valence-corrected chi connectivity index (χ0v) is 14.6. The molecule has 0 aromatic carbocycles. The Bertz CT molecular complexity index is 727. The van der Waals surface area contributed by atoms with E-state index in [0.29, 0.717) is 25.3 Å². The van der Waals surface area contributed by atoms with Crippen LogP contribution in [0.15, 0.2) is 35.4 Å². The van der Waals surface area contributed by atoms with E-state index in [9.17, 15) is 4.79 Å². The molecule has 0 aliphatic carbocycles. The highest BCUT2D eigenvalue weighted by atomic mass is 16.5. The summed E-state index contributed by atoms with van der Waals surface area (Å²) in [6.45, 7) is 5.42. The van der Waals surface area contributed by atoms with Crippen molar-refractivity contribution in [1.29, 1.82) is 0 Å². The van der Waals surface area contributed by atoms with Crippen LogP contribution in [-0.2, 0) is 18.3 Å². The Balaban J connectivity index is 1.45. The van der Waals surface area contributed by atoms with Crippen LogP contribution in [0.5, 0.6) is 0 Å². The van der Waals surface area contributed by atoms with Crippen molar-refractivity contribution in [2.24, 2.45) is 12.5 Å². The average molecular weight is 344 g/mol. The van der Waals surface area contributed by atoms with Gasteiger partial charge in [0.25, 0.3) is 5.91 Å². The molecule has 25 heavy (non-hydrogen) atoms. The second kappa shape index (κ2) is 6.65. The summed E-state index contributed by atoms with van der Waals surface area (Å²) in [5.74, 6) is 1.10. The minimum Gasteiger partial charge on any atom is -0.472 e. The van der Waals surface area contributed by atoms with Gasteiger partial charge in [0.15, 0.2) is 0 Å². The standard InChI is InChI=1S/C18H24N4O3/c1-20-6-4-19-16(20)10-21-5-3-18(12-21)13-22(7-9-25-14-18)17(23)15-2-8-24-11-15/h2,4,6,8,11H,3,5,7,9-10,12-14H2,1H3/t18-/m0/s1. The molecule has 2 fully saturated rings. The first-order valence-corrected chi connectivity index (χ1v) is 8.73. The molecule has 2 aromatic heterocycles. The highest BCUT2D eigenvalue weighted by Crippen LogP contribution is 2.34. The molecule has 2 aromatic rings. The number of ether oxygens (including phenoxy) is 1. The minimum absolute atomic E-state index is 0.00105. The van der Waals surface area contributed by atoms with E-state index >= 15 is 0 Å². The van der Waals surface area contributed by atoms with Crippen LogP contribution in [0.4, 0.5) is 0 Å². The van der Waals surface area contributed by atoms with Gasteiger partial charge < -0.3 is 18.6 Å². The molecule has 0 radical (unpaired) electrons. The molecule has 2 saturated heterocycles. The van der Waals surface area contributed by atoms with E-state index in [-0.39, 0.29) is 11.3 Å². The number of aromatic nitrogens is 2. The van der Waals surface area contributed by atoms with Gasteiger partial charge in [0.2, 0.25) is 0 Å². The number of carbonyl (C=O) groups is 1. The molecule has 2 aliphatic heterocycles. The predicted molar refractivity (Wildman–Crippen MR) is 91.0 cm³/mol. The fraction of sp³-hybridized carbons (Fsp3) is 0.556. The van der Waals surface area contributed by atoms with E-state index in [4.69, 9.17) is 9.15 Å². The first kappa shape index (κ1) is 16.4. The lowest BCUT2D eigenvalue weighted by atomic mass is 9.87. The number of imidazole rings is 1. The van der Waals surface area contributed by atoms with E-state index in [1.807, 2.05) is 24.3 Å². The molecule has 7 nitrogen and oxygen atoms in total. The van der Waals surface area contributed by atoms with Crippen molar-refractivity contribution in [1.82, 2.24) is 19.4 Å². The van der Waals surface area contributed by atoms with E-state index in [2.05, 4.69) is 14.5 Å². The molecule has 1 spiro atoms. The van der Waals surface area contributed by atoms with Crippen LogP contribution < -0.4 is 0 Å². The van der Waals surface area contributed by atoms with Crippen LogP contribution in [0.2, 0.25) is 0 Å². The van der Waals surface area contributed by atoms with Crippen LogP contribution >= 0.6 is 0 Å². The Kier molecular flexibility index (Phi) is 4.35. The Morgan fingerprint density at radius 1 is 1.36 bits per heavy atom. The van der Waals surface area contributed by atoms with Gasteiger partial charge in [0.05, 0.1) is 31.6 Å². The first-order valence-electron chi connectivity index (χ1n) is 8.73. The number of hydrogen-bond acceptors (Lipinski definition) is 5. The number of likely N-dealkylation sites (tertiary alicyclic amines) is 1. The largest absolute Gasteiger partial charge is 0.472 e. The SMILES string of the molecule is Cn1ccnc1CN1CC[C@]2(COCCN(C(=O)c3ccoc3)C2)C1. The van der Waals surface area contributed by atoms with Crippen LogP contribution in [0.3, 0.4) is 0 Å². The summed E-state index contributed by atoms with van der Waals surface area (Å²) in [5, 5.41) is 0. The van der Waals surface area contributed by atoms with Crippen molar-refractivity contribution < 1.29 is 13.9 Å². The number of amides is 1. The third-order valence-corrected chi connectivity index (χ3v) is 5.30. The molecule has 2 aliphatic rings. The molecule has 4 heterocycles. The molecule has 134 valence electrons. The fourth-order valence-corrected chi connectivity index (χ4v) is 3.89. The smallest absolute Gasteiger partial charge is 0.257 e. The highest BCUT2D eigenvalue weighted by molar-refractivity contribution is 5.93. The summed E-state index contributed by atoms with van der Waals surface area (Å²) in [6, 6.07) is 1.72. The van der Waals surface area contributed by atoms with E-state index < -0.39 is 0 Å². The molecule has 1 amide bonds. The molecule has 4 rings (SSSR count). The number of aryl methyl sites for hydroxylation is 1. The normalized spacial score (nSPS) is 24.8. The van der Waals surface area contributed by atoms with Gasteiger partial charge in [-0.1, -0.05) is 0 Å². The first-order chi connectivity index (χ1) is 12.2. The second-order valence-corrected chi connectivity index (χ2v) is 7.21. The lowest BCUT2D eigenvalue weighted by Gasteiger charge is -2.31. The highest BCUT2D eigenvalue weighted by Gasteiger charge is 2.42. The number of furan rings is 1. The van der Waals surface area contributed by atoms with Crippen molar-refractivity contribution in [2.75, 3.05) is 39.4 Å². The molecule has 0 unspecified atom stereocenters. The number of carbonyl (C=O) groups excluding carboxylic acids is 1. The van der Waals surface area contributed by atoms with E-state index in [1.165, 1.54) is 6.26 Å². The summed E-state index contributed by atoms with van der Waals surface area (Å²) in [4.78, 5) is 21.5. The molecule has 7 heteroatoms. The fourth-order valence-electron chi connectivity index (χ4n) is 3.89. The molecule has 1 atom stereocenters. The Labute approximate surface area is 147 Å². The quantitative estimate of drug-likeness (QED) is 0.842. The van der Waals surface area contributed by atoms with Crippen molar-refractivity contribution in [3.8, 4) is 0 Å². The summed E-state index contributed by atoms with van der Waals surface area (Å²) >= 11 is 0. The summed E-state index contributed by atoms with van der Waals surface area (Å²) in [7, 11) is 2.02. The van der Waals surface area contributed by atoms with Gasteiger partial charge >= 0.3 is 0 Å². The minimum atomic E-state index is 0.00105. The van der Waals surface area contributed by atoms with Gasteiger partial charge in [-0.25, -0.2) is 4.98 Å². The van der Waals surface area contributed by atoms with Crippen LogP contribution in [0, 0.1) is 5.41 Å². The van der Waals surface area contributed by atoms with Gasteiger partial charge in [-0.15, -0.1) is 0 Å². The van der Waals surface area contributed by atoms with Crippen LogP contribution in [0.1, 0.15) is 22.6 Å². The summed E-state index contributed by atoms with van der Waals surface area (Å²) in [6.07, 6.45) is 7.90. The lowest BCUT2D eigenvalue weighted by Crippen LogP contribution is -2.43. The summed E-state index contributed by atoms with van der Waals surface area (Å²) in [5.41, 5.74) is 0.612. The van der Waals surface area contributed by atoms with Gasteiger partial charge in [-0.2, -0.15) is 0 Å². The zero-order chi connectivity index (χ0) is 17.3. The van der Waals surface area contributed by atoms with Crippen LogP contribution in [-0.4, -0.2) is 64.7 Å². The molecular weight excluding hydrogens is 320 g/mol. The van der Waals surface area contributed by atoms with E-state index in [0.717, 1.165) is 38.4 Å². The lowest BCUT2D eigenvalue weighted by molar-refractivity contribution is 0.0642. The van der Waals surface area contributed by atoms with Gasteiger partial charge in [-0.3, -0.25) is 9.69 Å². The van der Waals surface area contributed by atoms with E-state index in [1.54, 1.807) is 12.3 Å². The molecule has 0 saturated carbocycles. The summed E-state index contributed by atoms with van der Waals surface area (Å²) < 4.78 is 13.0. The maximum absolute atomic E-state index is 12.7. The Morgan fingerprint density at radius 3 is 3.04 bits per heavy atom. The van der Waals surface area contributed by atoms with Crippen molar-refractivity contribution in [2.45, 2.75) is 13.0 Å².